The first kappa shape index (κ1) is 15.7. The van der Waals surface area contributed by atoms with Crippen molar-refractivity contribution >= 4 is 11.0 Å². The molecule has 4 rings (SSSR count). The Morgan fingerprint density at radius 3 is 2.42 bits per heavy atom. The summed E-state index contributed by atoms with van der Waals surface area (Å²) in [6, 6.07) is 3.71. The Labute approximate surface area is 142 Å². The minimum atomic E-state index is -0.199. The number of quaternary nitrogens is 1. The number of fused-ring (bicyclic) bond motifs is 3. The van der Waals surface area contributed by atoms with E-state index in [1.807, 2.05) is 6.07 Å². The molecule has 4 heteroatoms. The molecule has 0 bridgehead atoms. The van der Waals surface area contributed by atoms with Crippen LogP contribution in [0.2, 0.25) is 0 Å². The predicted molar refractivity (Wildman–Crippen MR) is 93.7 cm³/mol. The molecule has 0 amide bonds. The van der Waals surface area contributed by atoms with E-state index in [2.05, 4.69) is 0 Å². The fourth-order valence-corrected chi connectivity index (χ4v) is 4.38. The van der Waals surface area contributed by atoms with Crippen molar-refractivity contribution in [3.63, 3.8) is 0 Å². The van der Waals surface area contributed by atoms with Gasteiger partial charge in [-0.05, 0) is 69.1 Å². The van der Waals surface area contributed by atoms with Gasteiger partial charge in [0.05, 0.1) is 18.7 Å². The number of phenolic OH excluding ortho intramolecular Hbond substituents is 1. The molecule has 0 atom stereocenters. The van der Waals surface area contributed by atoms with Crippen molar-refractivity contribution in [3.8, 4) is 5.75 Å². The van der Waals surface area contributed by atoms with Crippen LogP contribution in [0.15, 0.2) is 21.3 Å². The number of rotatable bonds is 2. The Hall–Kier alpha value is -1.81. The Morgan fingerprint density at radius 2 is 1.67 bits per heavy atom. The van der Waals surface area contributed by atoms with Crippen LogP contribution in [0.3, 0.4) is 0 Å². The van der Waals surface area contributed by atoms with Crippen LogP contribution >= 0.6 is 0 Å². The van der Waals surface area contributed by atoms with E-state index in [1.165, 1.54) is 30.6 Å². The number of aromatic hydroxyl groups is 1. The molecule has 2 N–H and O–H groups in total. The Balaban J connectivity index is 1.81. The maximum absolute atomic E-state index is 12.4. The minimum absolute atomic E-state index is 0.199. The standard InChI is InChI=1S/C20H25NO3/c22-18-10-9-15-14-7-3-4-8-16(14)20(23)24-19(15)17(18)13-21-11-5-1-2-6-12-21/h9-10,22H,1-8,11-13H2/p+1. The van der Waals surface area contributed by atoms with Gasteiger partial charge in [0, 0.05) is 10.9 Å². The zero-order valence-corrected chi connectivity index (χ0v) is 14.2. The molecule has 4 nitrogen and oxygen atoms in total. The lowest BCUT2D eigenvalue weighted by Crippen LogP contribution is -3.10. The van der Waals surface area contributed by atoms with Gasteiger partial charge in [0.1, 0.15) is 12.3 Å². The molecule has 128 valence electrons. The number of phenols is 1. The molecule has 24 heavy (non-hydrogen) atoms. The second-order valence-corrected chi connectivity index (χ2v) is 7.33. The van der Waals surface area contributed by atoms with Crippen molar-refractivity contribution in [2.45, 2.75) is 57.9 Å². The molecule has 2 heterocycles. The van der Waals surface area contributed by atoms with Crippen LogP contribution in [0.25, 0.3) is 11.0 Å². The highest BCUT2D eigenvalue weighted by molar-refractivity contribution is 5.86. The molecule has 1 saturated heterocycles. The van der Waals surface area contributed by atoms with E-state index in [4.69, 9.17) is 4.42 Å². The summed E-state index contributed by atoms with van der Waals surface area (Å²) >= 11 is 0. The first-order valence-corrected chi connectivity index (χ1v) is 9.37. The summed E-state index contributed by atoms with van der Waals surface area (Å²) in [6.07, 6.45) is 9.02. The van der Waals surface area contributed by atoms with Crippen LogP contribution in [0.4, 0.5) is 0 Å². The number of benzene rings is 1. The Morgan fingerprint density at radius 1 is 0.958 bits per heavy atom. The molecule has 2 aromatic rings. The lowest BCUT2D eigenvalue weighted by molar-refractivity contribution is -0.913. The monoisotopic (exact) mass is 328 g/mol. The smallest absolute Gasteiger partial charge is 0.339 e. The second kappa shape index (κ2) is 6.60. The summed E-state index contributed by atoms with van der Waals surface area (Å²) in [7, 11) is 0. The predicted octanol–water partition coefficient (Wildman–Crippen LogP) is 2.34. The topological polar surface area (TPSA) is 54.9 Å². The quantitative estimate of drug-likeness (QED) is 0.832. The summed E-state index contributed by atoms with van der Waals surface area (Å²) in [5.41, 5.74) is 3.24. The molecule has 0 spiro atoms. The van der Waals surface area contributed by atoms with Gasteiger partial charge < -0.3 is 14.4 Å². The van der Waals surface area contributed by atoms with Gasteiger partial charge in [-0.25, -0.2) is 4.79 Å². The highest BCUT2D eigenvalue weighted by Crippen LogP contribution is 2.32. The molecule has 1 aliphatic heterocycles. The molecule has 0 radical (unpaired) electrons. The third-order valence-electron chi connectivity index (χ3n) is 5.71. The average Bonchev–Trinajstić information content (AvgIpc) is 2.87. The first-order valence-electron chi connectivity index (χ1n) is 9.37. The number of aryl methyl sites for hydroxylation is 1. The van der Waals surface area contributed by atoms with E-state index in [1.54, 1.807) is 6.07 Å². The van der Waals surface area contributed by atoms with Gasteiger partial charge >= 0.3 is 5.63 Å². The van der Waals surface area contributed by atoms with E-state index in [0.29, 0.717) is 5.58 Å². The summed E-state index contributed by atoms with van der Waals surface area (Å²) in [5, 5.41) is 11.5. The van der Waals surface area contributed by atoms with Crippen molar-refractivity contribution < 1.29 is 14.4 Å². The van der Waals surface area contributed by atoms with E-state index in [0.717, 1.165) is 67.4 Å². The van der Waals surface area contributed by atoms with Crippen LogP contribution in [-0.4, -0.2) is 18.2 Å². The molecular weight excluding hydrogens is 302 g/mol. The van der Waals surface area contributed by atoms with Crippen molar-refractivity contribution in [1.82, 2.24) is 0 Å². The number of likely N-dealkylation sites (tertiary alicyclic amines) is 1. The van der Waals surface area contributed by atoms with Crippen LogP contribution in [0.5, 0.6) is 5.75 Å². The molecule has 2 aliphatic rings. The maximum Gasteiger partial charge on any atom is 0.339 e. The molecule has 1 fully saturated rings. The average molecular weight is 328 g/mol. The third kappa shape index (κ3) is 2.84. The van der Waals surface area contributed by atoms with Crippen molar-refractivity contribution in [3.05, 3.63) is 39.2 Å². The van der Waals surface area contributed by atoms with Crippen LogP contribution in [0, 0.1) is 0 Å². The normalized spacial score (nSPS) is 19.2. The van der Waals surface area contributed by atoms with Gasteiger partial charge in [-0.2, -0.15) is 0 Å². The summed E-state index contributed by atoms with van der Waals surface area (Å²) in [4.78, 5) is 13.9. The van der Waals surface area contributed by atoms with E-state index in [-0.39, 0.29) is 11.4 Å². The SMILES string of the molecule is O=c1oc2c(C[NH+]3CCCCCC3)c(O)ccc2c2c1CCCC2. The molecule has 1 aliphatic carbocycles. The highest BCUT2D eigenvalue weighted by Gasteiger charge is 2.23. The van der Waals surface area contributed by atoms with Gasteiger partial charge in [-0.3, -0.25) is 0 Å². The van der Waals surface area contributed by atoms with Gasteiger partial charge in [-0.15, -0.1) is 0 Å². The number of hydrogen-bond acceptors (Lipinski definition) is 3. The zero-order chi connectivity index (χ0) is 16.5. The molecular formula is C20H26NO3+. The third-order valence-corrected chi connectivity index (χ3v) is 5.71. The van der Waals surface area contributed by atoms with Crippen LogP contribution in [-0.2, 0) is 19.4 Å². The zero-order valence-electron chi connectivity index (χ0n) is 14.2. The summed E-state index contributed by atoms with van der Waals surface area (Å²) < 4.78 is 5.72. The lowest BCUT2D eigenvalue weighted by Gasteiger charge is -2.20. The van der Waals surface area contributed by atoms with Gasteiger partial charge in [0.25, 0.3) is 0 Å². The largest absolute Gasteiger partial charge is 0.507 e. The minimum Gasteiger partial charge on any atom is -0.507 e. The molecule has 1 aromatic carbocycles. The van der Waals surface area contributed by atoms with E-state index < -0.39 is 0 Å². The Kier molecular flexibility index (Phi) is 4.31. The number of hydrogen-bond donors (Lipinski definition) is 2. The fraction of sp³-hybridized carbons (Fsp3) is 0.550. The van der Waals surface area contributed by atoms with Crippen LogP contribution in [0.1, 0.15) is 55.2 Å². The summed E-state index contributed by atoms with van der Waals surface area (Å²) in [6.45, 7) is 3.00. The lowest BCUT2D eigenvalue weighted by atomic mass is 9.90. The Bertz CT molecular complexity index is 801. The van der Waals surface area contributed by atoms with Crippen molar-refractivity contribution in [2.75, 3.05) is 13.1 Å². The molecule has 1 aromatic heterocycles. The van der Waals surface area contributed by atoms with Gasteiger partial charge in [0.2, 0.25) is 0 Å². The van der Waals surface area contributed by atoms with Gasteiger partial charge in [-0.1, -0.05) is 0 Å². The van der Waals surface area contributed by atoms with Crippen LogP contribution < -0.4 is 10.5 Å². The van der Waals surface area contributed by atoms with Crippen molar-refractivity contribution in [2.24, 2.45) is 0 Å². The van der Waals surface area contributed by atoms with Crippen molar-refractivity contribution in [1.29, 1.82) is 0 Å². The summed E-state index contributed by atoms with van der Waals surface area (Å²) in [5.74, 6) is 0.262. The highest BCUT2D eigenvalue weighted by atomic mass is 16.4. The number of nitrogens with one attached hydrogen (secondary N) is 1. The maximum atomic E-state index is 12.4. The van der Waals surface area contributed by atoms with Gasteiger partial charge in [0.15, 0.2) is 5.58 Å². The first-order chi connectivity index (χ1) is 11.7. The second-order valence-electron chi connectivity index (χ2n) is 7.33. The molecule has 0 unspecified atom stereocenters. The molecule has 0 saturated carbocycles. The van der Waals surface area contributed by atoms with E-state index >= 15 is 0 Å². The fourth-order valence-electron chi connectivity index (χ4n) is 4.38. The van der Waals surface area contributed by atoms with E-state index in [9.17, 15) is 9.90 Å².